The van der Waals surface area contributed by atoms with Gasteiger partial charge in [-0.2, -0.15) is 0 Å². The minimum atomic E-state index is 0.126. The molecule has 0 N–H and O–H groups in total. The van der Waals surface area contributed by atoms with Crippen LogP contribution in [0.1, 0.15) is 30.4 Å². The number of fused-ring (bicyclic) bond motifs is 13. The van der Waals surface area contributed by atoms with Crippen LogP contribution in [0.4, 0.5) is 17.1 Å². The van der Waals surface area contributed by atoms with E-state index < -0.39 is 0 Å². The zero-order chi connectivity index (χ0) is 30.4. The highest BCUT2D eigenvalue weighted by Gasteiger charge is 2.72. The molecule has 0 radical (unpaired) electrons. The first-order valence-electron chi connectivity index (χ1n) is 17.1. The van der Waals surface area contributed by atoms with E-state index in [9.17, 15) is 0 Å². The molecule has 5 unspecified atom stereocenters. The van der Waals surface area contributed by atoms with E-state index in [1.807, 2.05) is 12.1 Å². The summed E-state index contributed by atoms with van der Waals surface area (Å²) >= 11 is 0. The maximum atomic E-state index is 6.45. The van der Waals surface area contributed by atoms with Crippen molar-refractivity contribution >= 4 is 60.9 Å². The Kier molecular flexibility index (Phi) is 4.52. The normalized spacial score (nSPS) is 24.9. The van der Waals surface area contributed by atoms with Gasteiger partial charge >= 0.3 is 0 Å². The second kappa shape index (κ2) is 8.54. The number of benzene rings is 6. The van der Waals surface area contributed by atoms with Gasteiger partial charge in [-0.25, -0.2) is 0 Å². The zero-order valence-corrected chi connectivity index (χ0v) is 25.8. The van der Waals surface area contributed by atoms with Gasteiger partial charge in [-0.1, -0.05) is 72.8 Å². The molecule has 1 spiro atoms. The van der Waals surface area contributed by atoms with Crippen molar-refractivity contribution in [2.24, 2.45) is 23.7 Å². The molecule has 224 valence electrons. The van der Waals surface area contributed by atoms with Crippen LogP contribution in [0.2, 0.25) is 0 Å². The summed E-state index contributed by atoms with van der Waals surface area (Å²) in [5, 5.41) is 4.58. The van der Waals surface area contributed by atoms with E-state index >= 15 is 0 Å². The van der Waals surface area contributed by atoms with Crippen LogP contribution in [0.15, 0.2) is 136 Å². The molecule has 0 bridgehead atoms. The van der Waals surface area contributed by atoms with Gasteiger partial charge in [0, 0.05) is 56.0 Å². The van der Waals surface area contributed by atoms with Gasteiger partial charge < -0.3 is 13.7 Å². The summed E-state index contributed by atoms with van der Waals surface area (Å²) < 4.78 is 12.9. The fourth-order valence-corrected chi connectivity index (χ4v) is 10.8. The van der Waals surface area contributed by atoms with Gasteiger partial charge in [-0.05, 0) is 102 Å². The third-order valence-corrected chi connectivity index (χ3v) is 12.5. The van der Waals surface area contributed by atoms with Crippen molar-refractivity contribution in [2.45, 2.75) is 24.7 Å². The lowest BCUT2D eigenvalue weighted by atomic mass is 9.68. The summed E-state index contributed by atoms with van der Waals surface area (Å²) in [6.45, 7) is 0. The van der Waals surface area contributed by atoms with Gasteiger partial charge in [0.15, 0.2) is 0 Å². The molecule has 0 aliphatic heterocycles. The first-order valence-corrected chi connectivity index (χ1v) is 17.1. The van der Waals surface area contributed by atoms with Crippen molar-refractivity contribution in [1.29, 1.82) is 0 Å². The number of hydrogen-bond donors (Lipinski definition) is 0. The highest BCUT2D eigenvalue weighted by atomic mass is 16.3. The Morgan fingerprint density at radius 3 is 1.85 bits per heavy atom. The summed E-state index contributed by atoms with van der Waals surface area (Å²) in [6, 6.07) is 46.5. The molecule has 47 heavy (non-hydrogen) atoms. The van der Waals surface area contributed by atoms with E-state index in [2.05, 4.69) is 120 Å². The molecule has 0 amide bonds. The fourth-order valence-electron chi connectivity index (χ4n) is 10.8. The first kappa shape index (κ1) is 24.9. The van der Waals surface area contributed by atoms with Crippen molar-refractivity contribution in [3.63, 3.8) is 0 Å². The first-order chi connectivity index (χ1) is 23.3. The SMILES string of the molecule is c1ccc2c(c1)-c1c(N(c3ccc4c(c3)oc3ccccc34)c3ccc4c(c3)oc3ccccc34)cccc1C21CC2C3CCC1C32. The van der Waals surface area contributed by atoms with Crippen LogP contribution < -0.4 is 4.90 Å². The summed E-state index contributed by atoms with van der Waals surface area (Å²) in [7, 11) is 0. The smallest absolute Gasteiger partial charge is 0.137 e. The van der Waals surface area contributed by atoms with Crippen LogP contribution >= 0.6 is 0 Å². The van der Waals surface area contributed by atoms with Crippen LogP contribution in [0.25, 0.3) is 55.0 Å². The van der Waals surface area contributed by atoms with Gasteiger partial charge in [0.1, 0.15) is 22.3 Å². The molecule has 12 rings (SSSR count). The molecule has 2 heterocycles. The maximum absolute atomic E-state index is 6.45. The molecule has 0 saturated heterocycles. The van der Waals surface area contributed by atoms with E-state index in [1.54, 1.807) is 5.56 Å². The fraction of sp³-hybridized carbons (Fsp3) is 0.182. The Morgan fingerprint density at radius 1 is 0.532 bits per heavy atom. The quantitative estimate of drug-likeness (QED) is 0.201. The van der Waals surface area contributed by atoms with E-state index in [1.165, 1.54) is 41.6 Å². The van der Waals surface area contributed by atoms with Crippen LogP contribution in [-0.2, 0) is 5.41 Å². The molecule has 4 aliphatic carbocycles. The van der Waals surface area contributed by atoms with Crippen molar-refractivity contribution in [3.8, 4) is 11.1 Å². The average molecular weight is 606 g/mol. The van der Waals surface area contributed by atoms with Crippen LogP contribution in [0, 0.1) is 23.7 Å². The number of para-hydroxylation sites is 2. The zero-order valence-electron chi connectivity index (χ0n) is 25.8. The summed E-state index contributed by atoms with van der Waals surface area (Å²) in [4.78, 5) is 2.45. The van der Waals surface area contributed by atoms with E-state index in [4.69, 9.17) is 8.83 Å². The highest BCUT2D eigenvalue weighted by molar-refractivity contribution is 6.08. The Morgan fingerprint density at radius 2 is 1.15 bits per heavy atom. The van der Waals surface area contributed by atoms with Crippen molar-refractivity contribution in [1.82, 2.24) is 0 Å². The standard InChI is InChI=1S/C44H31NO2/c1-4-11-34-32(10-1)43-35(44(34)24-33-31-20-21-36(44)42(31)33)12-7-13-37(43)45(25-16-18-29-27-8-2-5-14-38(27)46-40(29)22-25)26-17-19-30-28-9-3-6-15-39(28)47-41(30)23-26/h1-19,22-23,31,33,36,42H,20-21,24H2. The molecule has 6 aromatic carbocycles. The monoisotopic (exact) mass is 605 g/mol. The van der Waals surface area contributed by atoms with Gasteiger partial charge in [-0.3, -0.25) is 0 Å². The molecule has 8 aromatic rings. The predicted molar refractivity (Wildman–Crippen MR) is 190 cm³/mol. The number of anilines is 3. The number of nitrogens with zero attached hydrogens (tertiary/aromatic N) is 1. The lowest BCUT2D eigenvalue weighted by molar-refractivity contribution is 0.350. The van der Waals surface area contributed by atoms with Crippen LogP contribution in [-0.4, -0.2) is 0 Å². The van der Waals surface area contributed by atoms with Crippen LogP contribution in [0.5, 0.6) is 0 Å². The van der Waals surface area contributed by atoms with E-state index in [0.717, 1.165) is 78.9 Å². The average Bonchev–Trinajstić information content (AvgIpc) is 3.60. The van der Waals surface area contributed by atoms with E-state index in [-0.39, 0.29) is 5.41 Å². The maximum Gasteiger partial charge on any atom is 0.137 e. The Hall–Kier alpha value is -5.28. The second-order valence-electron chi connectivity index (χ2n) is 14.4. The summed E-state index contributed by atoms with van der Waals surface area (Å²) in [5.41, 5.74) is 13.0. The van der Waals surface area contributed by atoms with Crippen molar-refractivity contribution in [2.75, 3.05) is 4.90 Å². The predicted octanol–water partition coefficient (Wildman–Crippen LogP) is 11.9. The Bertz CT molecular complexity index is 2510. The molecule has 3 fully saturated rings. The minimum Gasteiger partial charge on any atom is -0.456 e. The molecule has 2 aromatic heterocycles. The lowest BCUT2D eigenvalue weighted by Gasteiger charge is -2.35. The molecular formula is C44H31NO2. The molecule has 5 atom stereocenters. The largest absolute Gasteiger partial charge is 0.456 e. The molecular weight excluding hydrogens is 574 g/mol. The van der Waals surface area contributed by atoms with Gasteiger partial charge in [-0.15, -0.1) is 0 Å². The Balaban J connectivity index is 1.13. The van der Waals surface area contributed by atoms with E-state index in [0.29, 0.717) is 0 Å². The molecule has 3 nitrogen and oxygen atoms in total. The lowest BCUT2D eigenvalue weighted by Crippen LogP contribution is -2.31. The van der Waals surface area contributed by atoms with Crippen LogP contribution in [0.3, 0.4) is 0 Å². The second-order valence-corrected chi connectivity index (χ2v) is 14.4. The molecule has 4 aliphatic rings. The number of rotatable bonds is 3. The summed E-state index contributed by atoms with van der Waals surface area (Å²) in [6.07, 6.45) is 4.08. The highest BCUT2D eigenvalue weighted by Crippen LogP contribution is 2.78. The van der Waals surface area contributed by atoms with Gasteiger partial charge in [0.25, 0.3) is 0 Å². The van der Waals surface area contributed by atoms with Gasteiger partial charge in [0.2, 0.25) is 0 Å². The van der Waals surface area contributed by atoms with Crippen molar-refractivity contribution in [3.05, 3.63) is 139 Å². The third kappa shape index (κ3) is 3.04. The molecule has 3 heteroatoms. The topological polar surface area (TPSA) is 29.5 Å². The Labute approximate surface area is 272 Å². The molecule has 3 saturated carbocycles. The van der Waals surface area contributed by atoms with Crippen molar-refractivity contribution < 1.29 is 8.83 Å². The van der Waals surface area contributed by atoms with Gasteiger partial charge in [0.05, 0.1) is 5.69 Å². The third-order valence-electron chi connectivity index (χ3n) is 12.5. The number of hydrogen-bond acceptors (Lipinski definition) is 3. The summed E-state index contributed by atoms with van der Waals surface area (Å²) in [5.74, 6) is 3.55. The number of furan rings is 2. The minimum absolute atomic E-state index is 0.126.